The number of nitrogens with two attached hydrogens (primary N) is 1. The summed E-state index contributed by atoms with van der Waals surface area (Å²) in [4.78, 5) is 0. The van der Waals surface area contributed by atoms with E-state index in [1.807, 2.05) is 7.05 Å². The summed E-state index contributed by atoms with van der Waals surface area (Å²) in [5.74, 6) is 0.944. The van der Waals surface area contributed by atoms with Gasteiger partial charge in [0.1, 0.15) is 0 Å². The molecular weight excluding hydrogens is 120 g/mol. The van der Waals surface area contributed by atoms with Gasteiger partial charge in [0.05, 0.1) is 5.03 Å². The van der Waals surface area contributed by atoms with Crippen LogP contribution in [-0.2, 0) is 0 Å². The molecule has 2 nitrogen and oxygen atoms in total. The van der Waals surface area contributed by atoms with Crippen LogP contribution in [0, 0.1) is 0 Å². The minimum Gasteiger partial charge on any atom is -0.383 e. The summed E-state index contributed by atoms with van der Waals surface area (Å²) in [6, 6.07) is 0. The molecule has 0 fully saturated rings. The molecule has 0 aromatic heterocycles. The van der Waals surface area contributed by atoms with Crippen molar-refractivity contribution in [3.63, 3.8) is 0 Å². The molecule has 0 aromatic carbocycles. The largest absolute Gasteiger partial charge is 0.383 e. The molecule has 0 aromatic rings. The number of thioether (sulfide) groups is 1. The van der Waals surface area contributed by atoms with Gasteiger partial charge in [-0.15, -0.1) is 11.8 Å². The second kappa shape index (κ2) is 5.00. The minimum absolute atomic E-state index is 0.714. The Morgan fingerprint density at radius 3 is 2.88 bits per heavy atom. The first-order chi connectivity index (χ1) is 3.81. The van der Waals surface area contributed by atoms with Crippen molar-refractivity contribution in [2.75, 3.05) is 19.3 Å². The van der Waals surface area contributed by atoms with E-state index in [0.29, 0.717) is 6.54 Å². The van der Waals surface area contributed by atoms with Gasteiger partial charge < -0.3 is 11.1 Å². The quantitative estimate of drug-likeness (QED) is 0.580. The summed E-state index contributed by atoms with van der Waals surface area (Å²) in [6.45, 7) is 4.42. The van der Waals surface area contributed by atoms with Crippen LogP contribution in [0.1, 0.15) is 0 Å². The zero-order chi connectivity index (χ0) is 6.41. The lowest BCUT2D eigenvalue weighted by Gasteiger charge is -1.99. The summed E-state index contributed by atoms with van der Waals surface area (Å²) in [7, 11) is 1.85. The van der Waals surface area contributed by atoms with Crippen LogP contribution in [0.15, 0.2) is 11.6 Å². The predicted molar refractivity (Wildman–Crippen MR) is 39.7 cm³/mol. The normalized spacial score (nSPS) is 8.75. The zero-order valence-corrected chi connectivity index (χ0v) is 5.92. The van der Waals surface area contributed by atoms with Crippen LogP contribution in [-0.4, -0.2) is 19.3 Å². The van der Waals surface area contributed by atoms with Gasteiger partial charge in [-0.3, -0.25) is 0 Å². The molecule has 0 radical (unpaired) electrons. The molecule has 0 rings (SSSR count). The van der Waals surface area contributed by atoms with Crippen LogP contribution in [0.2, 0.25) is 0 Å². The highest BCUT2D eigenvalue weighted by atomic mass is 32.2. The maximum Gasteiger partial charge on any atom is 0.0605 e. The van der Waals surface area contributed by atoms with Crippen LogP contribution in [0.5, 0.6) is 0 Å². The van der Waals surface area contributed by atoms with E-state index in [9.17, 15) is 0 Å². The summed E-state index contributed by atoms with van der Waals surface area (Å²) in [5, 5.41) is 3.89. The molecule has 0 bridgehead atoms. The van der Waals surface area contributed by atoms with Crippen molar-refractivity contribution in [2.24, 2.45) is 5.73 Å². The van der Waals surface area contributed by atoms with Crippen molar-refractivity contribution < 1.29 is 0 Å². The fraction of sp³-hybridized carbons (Fsp3) is 0.600. The third-order valence-electron chi connectivity index (χ3n) is 0.673. The van der Waals surface area contributed by atoms with Crippen molar-refractivity contribution >= 4 is 11.8 Å². The topological polar surface area (TPSA) is 38.0 Å². The third-order valence-corrected chi connectivity index (χ3v) is 1.67. The smallest absolute Gasteiger partial charge is 0.0605 e. The van der Waals surface area contributed by atoms with E-state index in [-0.39, 0.29) is 0 Å². The first-order valence-corrected chi connectivity index (χ1v) is 3.49. The van der Waals surface area contributed by atoms with Gasteiger partial charge in [-0.05, 0) is 0 Å². The molecule has 0 spiro atoms. The summed E-state index contributed by atoms with van der Waals surface area (Å²) >= 11 is 1.65. The highest BCUT2D eigenvalue weighted by molar-refractivity contribution is 8.03. The van der Waals surface area contributed by atoms with Crippen molar-refractivity contribution in [3.05, 3.63) is 11.6 Å². The van der Waals surface area contributed by atoms with Crippen LogP contribution in [0.4, 0.5) is 0 Å². The van der Waals surface area contributed by atoms with E-state index in [1.165, 1.54) is 0 Å². The number of rotatable bonds is 4. The Hall–Kier alpha value is -0.150. The molecule has 0 atom stereocenters. The summed E-state index contributed by atoms with van der Waals surface area (Å²) < 4.78 is 0. The molecule has 8 heavy (non-hydrogen) atoms. The Labute approximate surface area is 54.5 Å². The number of hydrogen-bond donors (Lipinski definition) is 2. The van der Waals surface area contributed by atoms with E-state index < -0.39 is 0 Å². The SMILES string of the molecule is C=C(NC)SCCN. The minimum atomic E-state index is 0.714. The zero-order valence-electron chi connectivity index (χ0n) is 5.11. The van der Waals surface area contributed by atoms with Crippen molar-refractivity contribution in [2.45, 2.75) is 0 Å². The first kappa shape index (κ1) is 7.85. The van der Waals surface area contributed by atoms with Crippen molar-refractivity contribution in [1.29, 1.82) is 0 Å². The maximum absolute atomic E-state index is 5.24. The molecule has 0 heterocycles. The van der Waals surface area contributed by atoms with Crippen molar-refractivity contribution in [1.82, 2.24) is 5.32 Å². The average molecular weight is 132 g/mol. The molecule has 3 N–H and O–H groups in total. The van der Waals surface area contributed by atoms with Crippen LogP contribution >= 0.6 is 11.8 Å². The Morgan fingerprint density at radius 2 is 2.50 bits per heavy atom. The molecule has 0 aliphatic rings. The molecule has 0 unspecified atom stereocenters. The Morgan fingerprint density at radius 1 is 1.88 bits per heavy atom. The second-order valence-electron chi connectivity index (χ2n) is 1.31. The van der Waals surface area contributed by atoms with E-state index in [0.717, 1.165) is 10.8 Å². The number of nitrogens with one attached hydrogen (secondary N) is 1. The fourth-order valence-electron chi connectivity index (χ4n) is 0.254. The molecule has 0 amide bonds. The first-order valence-electron chi connectivity index (χ1n) is 2.50. The van der Waals surface area contributed by atoms with Gasteiger partial charge in [0.2, 0.25) is 0 Å². The second-order valence-corrected chi connectivity index (χ2v) is 2.50. The average Bonchev–Trinajstić information content (AvgIpc) is 1.83. The number of hydrogen-bond acceptors (Lipinski definition) is 3. The molecule has 48 valence electrons. The molecule has 0 saturated carbocycles. The molecule has 3 heteroatoms. The van der Waals surface area contributed by atoms with Gasteiger partial charge in [-0.25, -0.2) is 0 Å². The highest BCUT2D eigenvalue weighted by Gasteiger charge is 1.85. The van der Waals surface area contributed by atoms with Gasteiger partial charge >= 0.3 is 0 Å². The Balaban J connectivity index is 2.99. The fourth-order valence-corrected chi connectivity index (χ4v) is 0.763. The predicted octanol–water partition coefficient (Wildman–Crippen LogP) is 0.369. The summed E-state index contributed by atoms with van der Waals surface area (Å²) in [5.41, 5.74) is 5.24. The highest BCUT2D eigenvalue weighted by Crippen LogP contribution is 2.06. The molecular formula is C5H12N2S. The maximum atomic E-state index is 5.24. The van der Waals surface area contributed by atoms with Crippen LogP contribution in [0.3, 0.4) is 0 Å². The Bertz CT molecular complexity index is 72.8. The van der Waals surface area contributed by atoms with Crippen molar-refractivity contribution in [3.8, 4) is 0 Å². The van der Waals surface area contributed by atoms with Gasteiger partial charge in [-0.2, -0.15) is 0 Å². The van der Waals surface area contributed by atoms with E-state index in [2.05, 4.69) is 11.9 Å². The lowest BCUT2D eigenvalue weighted by atomic mass is 10.8. The van der Waals surface area contributed by atoms with Gasteiger partial charge in [-0.1, -0.05) is 6.58 Å². The van der Waals surface area contributed by atoms with Gasteiger partial charge in [0.25, 0.3) is 0 Å². The van der Waals surface area contributed by atoms with Crippen LogP contribution < -0.4 is 11.1 Å². The van der Waals surface area contributed by atoms with E-state index >= 15 is 0 Å². The van der Waals surface area contributed by atoms with Gasteiger partial charge in [0.15, 0.2) is 0 Å². The standard InChI is InChI=1S/C5H12N2S/c1-5(7-2)8-4-3-6/h7H,1,3-4,6H2,2H3. The third kappa shape index (κ3) is 4.02. The van der Waals surface area contributed by atoms with Crippen LogP contribution in [0.25, 0.3) is 0 Å². The van der Waals surface area contributed by atoms with Gasteiger partial charge in [0, 0.05) is 19.3 Å². The summed E-state index contributed by atoms with van der Waals surface area (Å²) in [6.07, 6.45) is 0. The van der Waals surface area contributed by atoms with E-state index in [4.69, 9.17) is 5.73 Å². The molecule has 0 aliphatic heterocycles. The molecule has 0 saturated heterocycles. The Kier molecular flexibility index (Phi) is 4.90. The van der Waals surface area contributed by atoms with E-state index in [1.54, 1.807) is 11.8 Å². The lowest BCUT2D eigenvalue weighted by Crippen LogP contribution is -2.06. The monoisotopic (exact) mass is 132 g/mol. The molecule has 0 aliphatic carbocycles. The lowest BCUT2D eigenvalue weighted by molar-refractivity contribution is 1.08.